The van der Waals surface area contributed by atoms with Gasteiger partial charge in [0.05, 0.1) is 41.3 Å². The highest BCUT2D eigenvalue weighted by atomic mass is 32.1. The Hall–Kier alpha value is -3.95. The lowest BCUT2D eigenvalue weighted by molar-refractivity contribution is -0.158. The molecule has 0 radical (unpaired) electrons. The van der Waals surface area contributed by atoms with Gasteiger partial charge in [0.25, 0.3) is 5.56 Å². The maximum Gasteiger partial charge on any atom is 0.387 e. The van der Waals surface area contributed by atoms with Gasteiger partial charge in [0.15, 0.2) is 0 Å². The highest BCUT2D eigenvalue weighted by Gasteiger charge is 2.38. The third kappa shape index (κ3) is 6.80. The molecule has 2 aliphatic heterocycles. The topological polar surface area (TPSA) is 124 Å². The third-order valence-corrected chi connectivity index (χ3v) is 9.79. The van der Waals surface area contributed by atoms with Gasteiger partial charge in [0, 0.05) is 5.56 Å². The van der Waals surface area contributed by atoms with Gasteiger partial charge in [-0.3, -0.25) is 9.36 Å². The molecule has 2 aliphatic rings. The number of hydrogen-bond acceptors (Lipinski definition) is 10. The monoisotopic (exact) mass is 691 g/mol. The van der Waals surface area contributed by atoms with Crippen LogP contribution in [0.5, 0.6) is 5.75 Å². The zero-order chi connectivity index (χ0) is 34.5. The van der Waals surface area contributed by atoms with Crippen molar-refractivity contribution in [1.82, 2.24) is 14.1 Å². The average molecular weight is 692 g/mol. The summed E-state index contributed by atoms with van der Waals surface area (Å²) in [5.41, 5.74) is -2.11. The number of alkyl halides is 2. The van der Waals surface area contributed by atoms with Crippen molar-refractivity contribution in [2.24, 2.45) is 0 Å². The number of thiophene rings is 1. The molecule has 48 heavy (non-hydrogen) atoms. The van der Waals surface area contributed by atoms with Crippen LogP contribution in [0.4, 0.5) is 13.2 Å². The van der Waals surface area contributed by atoms with Gasteiger partial charge in [-0.2, -0.15) is 8.78 Å². The summed E-state index contributed by atoms with van der Waals surface area (Å²) < 4.78 is 72.3. The molecular weight excluding hydrogens is 655 g/mol. The number of carbonyl (C=O) groups excluding carboxylic acids is 1. The van der Waals surface area contributed by atoms with Crippen molar-refractivity contribution in [3.05, 3.63) is 68.4 Å². The molecule has 2 fully saturated rings. The maximum atomic E-state index is 14.8. The van der Waals surface area contributed by atoms with E-state index >= 15 is 0 Å². The van der Waals surface area contributed by atoms with Gasteiger partial charge in [-0.15, -0.1) is 11.3 Å². The van der Waals surface area contributed by atoms with E-state index in [4.69, 9.17) is 23.4 Å². The summed E-state index contributed by atoms with van der Waals surface area (Å²) in [6.07, 6.45) is 3.83. The quantitative estimate of drug-likeness (QED) is 0.176. The third-order valence-electron chi connectivity index (χ3n) is 8.49. The SMILES string of the molecule is Cc1c(-c2ncco2)sc2c1c(=O)n([C@@H](C)C(=O)OC(C)(C)C)c(=O)n2C[C@H](OC1C[C@H]2CC[C@@H](C1)O2)c1cc(F)ccc1OC(F)F. The first-order valence-electron chi connectivity index (χ1n) is 15.7. The largest absolute Gasteiger partial charge is 0.458 e. The predicted octanol–water partition coefficient (Wildman–Crippen LogP) is 6.30. The summed E-state index contributed by atoms with van der Waals surface area (Å²) in [4.78, 5) is 46.6. The number of aryl methyl sites for hydroxylation is 1. The second-order valence-corrected chi connectivity index (χ2v) is 14.1. The Morgan fingerprint density at radius 3 is 2.50 bits per heavy atom. The highest BCUT2D eigenvalue weighted by Crippen LogP contribution is 2.40. The van der Waals surface area contributed by atoms with Crippen LogP contribution in [0.2, 0.25) is 0 Å². The Morgan fingerprint density at radius 2 is 1.88 bits per heavy atom. The molecule has 11 nitrogen and oxygen atoms in total. The lowest BCUT2D eigenvalue weighted by Gasteiger charge is -2.32. The number of aromatic nitrogens is 3. The Bertz CT molecular complexity index is 1920. The van der Waals surface area contributed by atoms with Crippen molar-refractivity contribution >= 4 is 27.5 Å². The number of oxazole rings is 1. The van der Waals surface area contributed by atoms with E-state index in [2.05, 4.69) is 4.98 Å². The first kappa shape index (κ1) is 33.9. The molecule has 15 heteroatoms. The van der Waals surface area contributed by atoms with Crippen LogP contribution < -0.4 is 16.0 Å². The molecule has 1 aromatic carbocycles. The number of ether oxygens (including phenoxy) is 4. The fraction of sp³-hybridized carbons (Fsp3) is 0.515. The van der Waals surface area contributed by atoms with Crippen LogP contribution in [-0.2, 0) is 25.5 Å². The van der Waals surface area contributed by atoms with Gasteiger partial charge in [-0.25, -0.2) is 23.5 Å². The molecule has 2 bridgehead atoms. The first-order chi connectivity index (χ1) is 22.7. The molecule has 2 saturated heterocycles. The van der Waals surface area contributed by atoms with E-state index in [9.17, 15) is 27.6 Å². The normalized spacial score (nSPS) is 20.7. The second-order valence-electron chi connectivity index (χ2n) is 13.1. The molecule has 3 aromatic heterocycles. The summed E-state index contributed by atoms with van der Waals surface area (Å²) in [6, 6.07) is 1.77. The first-order valence-corrected chi connectivity index (χ1v) is 16.5. The van der Waals surface area contributed by atoms with Crippen LogP contribution in [0.25, 0.3) is 21.0 Å². The Balaban J connectivity index is 1.54. The van der Waals surface area contributed by atoms with Crippen LogP contribution >= 0.6 is 11.3 Å². The van der Waals surface area contributed by atoms with Gasteiger partial charge in [-0.05, 0) is 84.1 Å². The summed E-state index contributed by atoms with van der Waals surface area (Å²) in [5.74, 6) is -1.65. The smallest absolute Gasteiger partial charge is 0.387 e. The predicted molar refractivity (Wildman–Crippen MR) is 169 cm³/mol. The van der Waals surface area contributed by atoms with Crippen molar-refractivity contribution in [2.75, 3.05) is 0 Å². The summed E-state index contributed by atoms with van der Waals surface area (Å²) >= 11 is 1.06. The lowest BCUT2D eigenvalue weighted by atomic mass is 10.0. The second kappa shape index (κ2) is 13.2. The highest BCUT2D eigenvalue weighted by molar-refractivity contribution is 7.22. The van der Waals surface area contributed by atoms with E-state index in [1.807, 2.05) is 0 Å². The molecule has 0 spiro atoms. The molecule has 6 rings (SSSR count). The number of benzene rings is 1. The molecular formula is C33H36F3N3O8S. The van der Waals surface area contributed by atoms with E-state index < -0.39 is 53.5 Å². The van der Waals surface area contributed by atoms with Gasteiger partial charge in [0.2, 0.25) is 5.89 Å². The zero-order valence-corrected chi connectivity index (χ0v) is 27.9. The molecule has 0 aliphatic carbocycles. The van der Waals surface area contributed by atoms with E-state index in [0.29, 0.717) is 23.3 Å². The van der Waals surface area contributed by atoms with Gasteiger partial charge >= 0.3 is 18.3 Å². The minimum absolute atomic E-state index is 0.0478. The van der Waals surface area contributed by atoms with Crippen LogP contribution in [0.15, 0.2) is 44.7 Å². The molecule has 0 N–H and O–H groups in total. The van der Waals surface area contributed by atoms with Crippen molar-refractivity contribution in [2.45, 2.75) is 110 Å². The fourth-order valence-electron chi connectivity index (χ4n) is 6.41. The average Bonchev–Trinajstić information content (AvgIpc) is 3.73. The van der Waals surface area contributed by atoms with Crippen LogP contribution in [0.3, 0.4) is 0 Å². The van der Waals surface area contributed by atoms with E-state index in [0.717, 1.165) is 46.9 Å². The van der Waals surface area contributed by atoms with Crippen LogP contribution in [-0.4, -0.2) is 50.6 Å². The lowest BCUT2D eigenvalue weighted by Crippen LogP contribution is -2.45. The Morgan fingerprint density at radius 1 is 1.17 bits per heavy atom. The van der Waals surface area contributed by atoms with Crippen molar-refractivity contribution in [1.29, 1.82) is 0 Å². The van der Waals surface area contributed by atoms with E-state index in [1.54, 1.807) is 27.7 Å². The zero-order valence-electron chi connectivity index (χ0n) is 27.0. The summed E-state index contributed by atoms with van der Waals surface area (Å²) in [5, 5.41) is 0.120. The maximum absolute atomic E-state index is 14.8. The van der Waals surface area contributed by atoms with Crippen LogP contribution in [0.1, 0.15) is 76.7 Å². The molecule has 0 saturated carbocycles. The minimum Gasteiger partial charge on any atom is -0.458 e. The number of hydrogen-bond donors (Lipinski definition) is 0. The molecule has 5 atom stereocenters. The van der Waals surface area contributed by atoms with Crippen molar-refractivity contribution in [3.8, 4) is 16.5 Å². The number of nitrogens with zero attached hydrogens (tertiary/aromatic N) is 3. The van der Waals surface area contributed by atoms with Crippen LogP contribution in [0, 0.1) is 12.7 Å². The van der Waals surface area contributed by atoms with Gasteiger partial charge < -0.3 is 23.4 Å². The van der Waals surface area contributed by atoms with Crippen molar-refractivity contribution in [3.63, 3.8) is 0 Å². The standard InChI is InChI=1S/C33H36F3N3O8S/c1-16-25-28(40)39(17(2)30(41)47-33(3,4)5)32(42)38(29(25)48-26(16)27-37-10-11-43-27)15-24(45-21-13-19-7-8-20(14-21)44-19)22-12-18(34)6-9-23(22)46-31(35)36/h6,9-12,17,19-21,24,31H,7-8,13-15H2,1-5H3/t17-,19-,20+,21?,24-/m0/s1. The Labute approximate surface area is 277 Å². The molecule has 4 aromatic rings. The summed E-state index contributed by atoms with van der Waals surface area (Å²) in [6.45, 7) is 4.48. The van der Waals surface area contributed by atoms with Gasteiger partial charge in [0.1, 0.15) is 40.4 Å². The molecule has 0 amide bonds. The van der Waals surface area contributed by atoms with Crippen molar-refractivity contribution < 1.29 is 41.3 Å². The number of rotatable bonds is 10. The van der Waals surface area contributed by atoms with E-state index in [1.165, 1.54) is 24.0 Å². The fourth-order valence-corrected chi connectivity index (χ4v) is 7.65. The minimum atomic E-state index is -3.22. The molecule has 258 valence electrons. The van der Waals surface area contributed by atoms with Gasteiger partial charge in [-0.1, -0.05) is 0 Å². The summed E-state index contributed by atoms with van der Waals surface area (Å²) in [7, 11) is 0. The number of halogens is 3. The molecule has 1 unspecified atom stereocenters. The van der Waals surface area contributed by atoms with E-state index in [-0.39, 0.29) is 46.2 Å². The number of esters is 1. The Kier molecular flexibility index (Phi) is 9.30. The number of fused-ring (bicyclic) bond motifs is 3. The molecule has 5 heterocycles. The number of carbonyl (C=O) groups is 1.